The fourth-order valence-electron chi connectivity index (χ4n) is 2.33. The van der Waals surface area contributed by atoms with E-state index in [0.29, 0.717) is 12.3 Å². The predicted octanol–water partition coefficient (Wildman–Crippen LogP) is 4.20. The lowest BCUT2D eigenvalue weighted by atomic mass is 10.1. The van der Waals surface area contributed by atoms with Gasteiger partial charge >= 0.3 is 5.69 Å². The zero-order chi connectivity index (χ0) is 17.5. The Morgan fingerprint density at radius 1 is 1.17 bits per heavy atom. The topological polar surface area (TPSA) is 81.5 Å². The van der Waals surface area contributed by atoms with Crippen LogP contribution in [0.3, 0.4) is 0 Å². The molecule has 0 saturated heterocycles. The largest absolute Gasteiger partial charge is 0.487 e. The van der Waals surface area contributed by atoms with E-state index in [4.69, 9.17) is 4.74 Å². The summed E-state index contributed by atoms with van der Waals surface area (Å²) >= 11 is 0. The summed E-state index contributed by atoms with van der Waals surface area (Å²) < 4.78 is 5.21. The number of aryl methyl sites for hydroxylation is 1. The number of rotatable bonds is 7. The second-order valence-electron chi connectivity index (χ2n) is 5.27. The molecule has 0 aliphatic rings. The number of nitro benzene ring substituents is 1. The second kappa shape index (κ2) is 8.10. The summed E-state index contributed by atoms with van der Waals surface area (Å²) in [5.41, 5.74) is 1.84. The van der Waals surface area contributed by atoms with Crippen LogP contribution in [0.4, 0.5) is 11.4 Å². The maximum Gasteiger partial charge on any atom is 0.311 e. The highest BCUT2D eigenvalue weighted by molar-refractivity contribution is 6.04. The minimum absolute atomic E-state index is 0.156. The minimum atomic E-state index is -0.554. The standard InChI is InChI=1S/C18H20N2O4/c1-3-5-13-6-9-15(10-7-13)19-18(21)14-8-11-17(24-4-2)16(12-14)20(22)23/h6-12H,3-5H2,1-2H3,(H,19,21). The van der Waals surface area contributed by atoms with Crippen molar-refractivity contribution in [3.05, 3.63) is 63.7 Å². The van der Waals surface area contributed by atoms with E-state index in [1.54, 1.807) is 6.92 Å². The molecule has 2 aromatic rings. The normalized spacial score (nSPS) is 10.2. The SMILES string of the molecule is CCCc1ccc(NC(=O)c2ccc(OCC)c([N+](=O)[O-])c2)cc1. The van der Waals surface area contributed by atoms with E-state index in [1.807, 2.05) is 24.3 Å². The average Bonchev–Trinajstić information content (AvgIpc) is 2.57. The summed E-state index contributed by atoms with van der Waals surface area (Å²) in [7, 11) is 0. The van der Waals surface area contributed by atoms with Gasteiger partial charge < -0.3 is 10.1 Å². The highest BCUT2D eigenvalue weighted by Gasteiger charge is 2.18. The molecule has 0 atom stereocenters. The van der Waals surface area contributed by atoms with E-state index in [1.165, 1.54) is 23.8 Å². The number of nitro groups is 1. The fourth-order valence-corrected chi connectivity index (χ4v) is 2.33. The monoisotopic (exact) mass is 328 g/mol. The number of ether oxygens (including phenoxy) is 1. The number of nitrogens with one attached hydrogen (secondary N) is 1. The van der Waals surface area contributed by atoms with E-state index in [2.05, 4.69) is 12.2 Å². The molecule has 0 unspecified atom stereocenters. The number of carbonyl (C=O) groups excluding carboxylic acids is 1. The number of benzene rings is 2. The van der Waals surface area contributed by atoms with Crippen molar-refractivity contribution in [1.29, 1.82) is 0 Å². The van der Waals surface area contributed by atoms with Crippen LogP contribution in [0.15, 0.2) is 42.5 Å². The Balaban J connectivity index is 2.17. The lowest BCUT2D eigenvalue weighted by Crippen LogP contribution is -2.12. The molecule has 6 nitrogen and oxygen atoms in total. The molecule has 6 heteroatoms. The third kappa shape index (κ3) is 4.32. The van der Waals surface area contributed by atoms with Crippen molar-refractivity contribution in [3.63, 3.8) is 0 Å². The van der Waals surface area contributed by atoms with E-state index < -0.39 is 10.8 Å². The van der Waals surface area contributed by atoms with Crippen molar-refractivity contribution < 1.29 is 14.5 Å². The van der Waals surface area contributed by atoms with Crippen LogP contribution >= 0.6 is 0 Å². The van der Waals surface area contributed by atoms with Gasteiger partial charge in [-0.15, -0.1) is 0 Å². The van der Waals surface area contributed by atoms with E-state index in [0.717, 1.165) is 12.8 Å². The van der Waals surface area contributed by atoms with Crippen LogP contribution in [0.25, 0.3) is 0 Å². The Morgan fingerprint density at radius 2 is 1.88 bits per heavy atom. The molecule has 0 aliphatic heterocycles. The van der Waals surface area contributed by atoms with E-state index in [9.17, 15) is 14.9 Å². The Kier molecular flexibility index (Phi) is 5.89. The summed E-state index contributed by atoms with van der Waals surface area (Å²) in [6.07, 6.45) is 2.04. The van der Waals surface area contributed by atoms with Gasteiger partial charge in [0.1, 0.15) is 0 Å². The van der Waals surface area contributed by atoms with E-state index >= 15 is 0 Å². The molecule has 0 radical (unpaired) electrons. The van der Waals surface area contributed by atoms with Crippen molar-refractivity contribution in [2.45, 2.75) is 26.7 Å². The van der Waals surface area contributed by atoms with Crippen molar-refractivity contribution >= 4 is 17.3 Å². The summed E-state index contributed by atoms with van der Waals surface area (Å²) in [5, 5.41) is 13.9. The summed E-state index contributed by atoms with van der Waals surface area (Å²) in [6, 6.07) is 11.8. The van der Waals surface area contributed by atoms with Gasteiger partial charge in [0.25, 0.3) is 5.91 Å². The molecule has 2 aromatic carbocycles. The molecule has 0 aliphatic carbocycles. The summed E-state index contributed by atoms with van der Waals surface area (Å²) in [4.78, 5) is 22.9. The van der Waals surface area contributed by atoms with Crippen LogP contribution in [0.1, 0.15) is 36.2 Å². The molecule has 24 heavy (non-hydrogen) atoms. The maximum absolute atomic E-state index is 12.3. The first kappa shape index (κ1) is 17.5. The molecule has 1 N–H and O–H groups in total. The van der Waals surface area contributed by atoms with Gasteiger partial charge in [0, 0.05) is 17.3 Å². The van der Waals surface area contributed by atoms with Crippen molar-refractivity contribution in [3.8, 4) is 5.75 Å². The van der Waals surface area contributed by atoms with Gasteiger partial charge in [-0.2, -0.15) is 0 Å². The zero-order valence-electron chi connectivity index (χ0n) is 13.7. The molecule has 0 heterocycles. The van der Waals surface area contributed by atoms with Gasteiger partial charge in [-0.05, 0) is 43.2 Å². The lowest BCUT2D eigenvalue weighted by molar-refractivity contribution is -0.385. The molecule has 0 saturated carbocycles. The second-order valence-corrected chi connectivity index (χ2v) is 5.27. The number of carbonyl (C=O) groups is 1. The first-order valence-corrected chi connectivity index (χ1v) is 7.86. The number of amides is 1. The Hall–Kier alpha value is -2.89. The molecular formula is C18H20N2O4. The molecular weight excluding hydrogens is 308 g/mol. The number of hydrogen-bond acceptors (Lipinski definition) is 4. The molecule has 1 amide bonds. The lowest BCUT2D eigenvalue weighted by Gasteiger charge is -2.08. The third-order valence-electron chi connectivity index (χ3n) is 3.47. The third-order valence-corrected chi connectivity index (χ3v) is 3.47. The van der Waals surface area contributed by atoms with Crippen LogP contribution in [-0.2, 0) is 6.42 Å². The first-order valence-electron chi connectivity index (χ1n) is 7.86. The highest BCUT2D eigenvalue weighted by atomic mass is 16.6. The highest BCUT2D eigenvalue weighted by Crippen LogP contribution is 2.28. The number of nitrogens with zero attached hydrogens (tertiary/aromatic N) is 1. The van der Waals surface area contributed by atoms with Gasteiger partial charge in [-0.3, -0.25) is 14.9 Å². The summed E-state index contributed by atoms with van der Waals surface area (Å²) in [6.45, 7) is 4.16. The van der Waals surface area contributed by atoms with Crippen LogP contribution in [0, 0.1) is 10.1 Å². The average molecular weight is 328 g/mol. The molecule has 0 bridgehead atoms. The molecule has 0 fully saturated rings. The van der Waals surface area contributed by atoms with Crippen molar-refractivity contribution in [2.75, 3.05) is 11.9 Å². The molecule has 126 valence electrons. The Morgan fingerprint density at radius 3 is 2.46 bits per heavy atom. The van der Waals surface area contributed by atoms with Crippen LogP contribution in [0.5, 0.6) is 5.75 Å². The van der Waals surface area contributed by atoms with Crippen LogP contribution < -0.4 is 10.1 Å². The fraction of sp³-hybridized carbons (Fsp3) is 0.278. The van der Waals surface area contributed by atoms with Crippen molar-refractivity contribution in [1.82, 2.24) is 0 Å². The van der Waals surface area contributed by atoms with Gasteiger partial charge in [0.2, 0.25) is 0 Å². The minimum Gasteiger partial charge on any atom is -0.487 e. The van der Waals surface area contributed by atoms with Gasteiger partial charge in [-0.1, -0.05) is 25.5 Å². The van der Waals surface area contributed by atoms with Gasteiger partial charge in [-0.25, -0.2) is 0 Å². The van der Waals surface area contributed by atoms with Crippen LogP contribution in [-0.4, -0.2) is 17.4 Å². The first-order chi connectivity index (χ1) is 11.5. The molecule has 0 aromatic heterocycles. The van der Waals surface area contributed by atoms with Gasteiger partial charge in [0.15, 0.2) is 5.75 Å². The smallest absolute Gasteiger partial charge is 0.311 e. The maximum atomic E-state index is 12.3. The summed E-state index contributed by atoms with van der Waals surface area (Å²) in [5.74, 6) is -0.243. The van der Waals surface area contributed by atoms with Crippen LogP contribution in [0.2, 0.25) is 0 Å². The Bertz CT molecular complexity index is 726. The van der Waals surface area contributed by atoms with E-state index in [-0.39, 0.29) is 17.0 Å². The zero-order valence-corrected chi connectivity index (χ0v) is 13.7. The molecule has 2 rings (SSSR count). The van der Waals surface area contributed by atoms with Crippen molar-refractivity contribution in [2.24, 2.45) is 0 Å². The Labute approximate surface area is 140 Å². The number of anilines is 1. The predicted molar refractivity (Wildman–Crippen MR) is 92.7 cm³/mol. The molecule has 0 spiro atoms. The number of hydrogen-bond donors (Lipinski definition) is 1. The van der Waals surface area contributed by atoms with Gasteiger partial charge in [0.05, 0.1) is 11.5 Å². The quantitative estimate of drug-likeness (QED) is 0.610.